The van der Waals surface area contributed by atoms with Crippen LogP contribution in [-0.2, 0) is 14.8 Å². The van der Waals surface area contributed by atoms with Gasteiger partial charge in [0.05, 0.1) is 24.4 Å². The predicted molar refractivity (Wildman–Crippen MR) is 96.5 cm³/mol. The molecule has 8 heteroatoms. The first-order valence-corrected chi connectivity index (χ1v) is 10.3. The molecular formula is C17H24N4O3S. The van der Waals surface area contributed by atoms with Crippen molar-refractivity contribution in [3.05, 3.63) is 29.8 Å². The van der Waals surface area contributed by atoms with Crippen molar-refractivity contribution in [3.8, 4) is 6.07 Å². The number of piperidine rings is 1. The number of carbonyl (C=O) groups is 1. The van der Waals surface area contributed by atoms with E-state index in [1.165, 1.54) is 0 Å². The van der Waals surface area contributed by atoms with Gasteiger partial charge in [-0.2, -0.15) is 5.26 Å². The Morgan fingerprint density at radius 2 is 2.20 bits per heavy atom. The van der Waals surface area contributed by atoms with E-state index in [1.54, 1.807) is 24.3 Å². The number of likely N-dealkylation sites (tertiary alicyclic amines) is 1. The number of benzene rings is 1. The van der Waals surface area contributed by atoms with Crippen LogP contribution < -0.4 is 10.0 Å². The number of carbonyl (C=O) groups excluding carboxylic acids is 1. The lowest BCUT2D eigenvalue weighted by molar-refractivity contribution is -0.118. The fourth-order valence-electron chi connectivity index (χ4n) is 3.06. The van der Waals surface area contributed by atoms with Crippen molar-refractivity contribution in [2.75, 3.05) is 31.2 Å². The summed E-state index contributed by atoms with van der Waals surface area (Å²) in [5, 5.41) is 11.7. The molecule has 1 aliphatic rings. The van der Waals surface area contributed by atoms with Gasteiger partial charge < -0.3 is 5.32 Å². The molecule has 0 aromatic heterocycles. The van der Waals surface area contributed by atoms with Crippen molar-refractivity contribution in [3.63, 3.8) is 0 Å². The summed E-state index contributed by atoms with van der Waals surface area (Å²) in [5.74, 6) is -0.127. The predicted octanol–water partition coefficient (Wildman–Crippen LogP) is 1.29. The molecule has 0 aliphatic carbocycles. The summed E-state index contributed by atoms with van der Waals surface area (Å²) < 4.78 is 24.9. The zero-order valence-corrected chi connectivity index (χ0v) is 15.2. The molecule has 1 heterocycles. The number of hydrogen-bond donors (Lipinski definition) is 2. The molecular weight excluding hydrogens is 340 g/mol. The van der Waals surface area contributed by atoms with E-state index < -0.39 is 10.0 Å². The van der Waals surface area contributed by atoms with Crippen molar-refractivity contribution < 1.29 is 13.2 Å². The molecule has 1 aromatic carbocycles. The molecule has 1 aromatic rings. The Hall–Kier alpha value is -1.95. The molecule has 0 bridgehead atoms. The number of nitrogens with zero attached hydrogens (tertiary/aromatic N) is 2. The standard InChI is InChI=1S/C17H24N4O3S/c1-25(23,24)19-9-8-16-7-2-3-10-21(16)13-17(22)20-15-6-4-5-14(11-15)12-18/h4-6,11,16,19H,2-3,7-10,13H2,1H3,(H,20,22). The lowest BCUT2D eigenvalue weighted by atomic mass is 9.99. The van der Waals surface area contributed by atoms with Gasteiger partial charge in [0.1, 0.15) is 0 Å². The third-order valence-corrected chi connectivity index (χ3v) is 4.94. The quantitative estimate of drug-likeness (QED) is 0.759. The molecule has 1 amide bonds. The smallest absolute Gasteiger partial charge is 0.238 e. The van der Waals surface area contributed by atoms with Gasteiger partial charge in [0.25, 0.3) is 0 Å². The Morgan fingerprint density at radius 1 is 1.40 bits per heavy atom. The fourth-order valence-corrected chi connectivity index (χ4v) is 3.55. The maximum atomic E-state index is 12.3. The summed E-state index contributed by atoms with van der Waals surface area (Å²) in [6.07, 6.45) is 4.92. The van der Waals surface area contributed by atoms with Gasteiger partial charge in [-0.3, -0.25) is 9.69 Å². The fraction of sp³-hybridized carbons (Fsp3) is 0.529. The van der Waals surface area contributed by atoms with Crippen LogP contribution in [-0.4, -0.2) is 51.2 Å². The molecule has 0 spiro atoms. The van der Waals surface area contributed by atoms with E-state index in [0.717, 1.165) is 32.1 Å². The summed E-state index contributed by atoms with van der Waals surface area (Å²) in [4.78, 5) is 14.4. The zero-order valence-electron chi connectivity index (χ0n) is 14.4. The Bertz CT molecular complexity index is 743. The summed E-state index contributed by atoms with van der Waals surface area (Å²) in [7, 11) is -3.19. The average molecular weight is 364 g/mol. The van der Waals surface area contributed by atoms with Gasteiger partial charge in [-0.1, -0.05) is 12.5 Å². The second-order valence-electron chi connectivity index (χ2n) is 6.32. The Balaban J connectivity index is 1.89. The molecule has 7 nitrogen and oxygen atoms in total. The molecule has 0 saturated carbocycles. The van der Waals surface area contributed by atoms with E-state index in [1.807, 2.05) is 6.07 Å². The Kier molecular flexibility index (Phi) is 6.93. The lowest BCUT2D eigenvalue weighted by Crippen LogP contribution is -2.45. The van der Waals surface area contributed by atoms with Crippen LogP contribution in [0.3, 0.4) is 0 Å². The van der Waals surface area contributed by atoms with Crippen LogP contribution in [0, 0.1) is 11.3 Å². The zero-order chi connectivity index (χ0) is 18.3. The number of rotatable bonds is 7. The highest BCUT2D eigenvalue weighted by atomic mass is 32.2. The summed E-state index contributed by atoms with van der Waals surface area (Å²) in [6.45, 7) is 1.47. The normalized spacial score (nSPS) is 18.5. The maximum absolute atomic E-state index is 12.3. The van der Waals surface area contributed by atoms with E-state index in [4.69, 9.17) is 5.26 Å². The maximum Gasteiger partial charge on any atom is 0.238 e. The van der Waals surface area contributed by atoms with Crippen molar-refractivity contribution in [2.45, 2.75) is 31.7 Å². The number of sulfonamides is 1. The van der Waals surface area contributed by atoms with Gasteiger partial charge in [0.2, 0.25) is 15.9 Å². The van der Waals surface area contributed by atoms with Crippen molar-refractivity contribution >= 4 is 21.6 Å². The number of nitrogens with one attached hydrogen (secondary N) is 2. The monoisotopic (exact) mass is 364 g/mol. The van der Waals surface area contributed by atoms with Crippen molar-refractivity contribution in [1.29, 1.82) is 5.26 Å². The summed E-state index contributed by atoms with van der Waals surface area (Å²) >= 11 is 0. The lowest BCUT2D eigenvalue weighted by Gasteiger charge is -2.35. The van der Waals surface area contributed by atoms with Gasteiger partial charge in [-0.15, -0.1) is 0 Å². The van der Waals surface area contributed by atoms with Gasteiger partial charge in [-0.25, -0.2) is 13.1 Å². The topological polar surface area (TPSA) is 102 Å². The van der Waals surface area contributed by atoms with Gasteiger partial charge in [0, 0.05) is 18.3 Å². The van der Waals surface area contributed by atoms with Gasteiger partial charge in [0.15, 0.2) is 0 Å². The Morgan fingerprint density at radius 3 is 2.92 bits per heavy atom. The van der Waals surface area contributed by atoms with Crippen LogP contribution >= 0.6 is 0 Å². The van der Waals surface area contributed by atoms with Gasteiger partial charge >= 0.3 is 0 Å². The van der Waals surface area contributed by atoms with Gasteiger partial charge in [-0.05, 0) is 44.0 Å². The highest BCUT2D eigenvalue weighted by molar-refractivity contribution is 7.88. The van der Waals surface area contributed by atoms with Crippen LogP contribution in [0.2, 0.25) is 0 Å². The molecule has 2 N–H and O–H groups in total. The second kappa shape index (κ2) is 8.94. The van der Waals surface area contributed by atoms with Crippen LogP contribution in [0.1, 0.15) is 31.2 Å². The first-order valence-electron chi connectivity index (χ1n) is 8.36. The molecule has 1 aliphatic heterocycles. The molecule has 25 heavy (non-hydrogen) atoms. The molecule has 1 atom stereocenters. The summed E-state index contributed by atoms with van der Waals surface area (Å²) in [6, 6.07) is 9.05. The first-order chi connectivity index (χ1) is 11.9. The van der Waals surface area contributed by atoms with Crippen LogP contribution in [0.5, 0.6) is 0 Å². The Labute approximate surface area is 149 Å². The van der Waals surface area contributed by atoms with E-state index in [9.17, 15) is 13.2 Å². The minimum absolute atomic E-state index is 0.127. The minimum atomic E-state index is -3.19. The summed E-state index contributed by atoms with van der Waals surface area (Å²) in [5.41, 5.74) is 1.11. The van der Waals surface area contributed by atoms with Crippen molar-refractivity contribution in [1.82, 2.24) is 9.62 Å². The highest BCUT2D eigenvalue weighted by Gasteiger charge is 2.24. The van der Waals surface area contributed by atoms with E-state index in [-0.39, 0.29) is 18.5 Å². The number of amides is 1. The van der Waals surface area contributed by atoms with Crippen LogP contribution in [0.4, 0.5) is 5.69 Å². The molecule has 136 valence electrons. The second-order valence-corrected chi connectivity index (χ2v) is 8.15. The third kappa shape index (κ3) is 6.82. The molecule has 0 radical (unpaired) electrons. The van der Waals surface area contributed by atoms with Crippen LogP contribution in [0.15, 0.2) is 24.3 Å². The average Bonchev–Trinajstić information content (AvgIpc) is 2.55. The SMILES string of the molecule is CS(=O)(=O)NCCC1CCCCN1CC(=O)Nc1cccc(C#N)c1. The number of hydrogen-bond acceptors (Lipinski definition) is 5. The molecule has 1 fully saturated rings. The first kappa shape index (κ1) is 19.4. The number of anilines is 1. The van der Waals surface area contributed by atoms with Crippen molar-refractivity contribution in [2.24, 2.45) is 0 Å². The molecule has 1 unspecified atom stereocenters. The minimum Gasteiger partial charge on any atom is -0.325 e. The number of nitriles is 1. The molecule has 2 rings (SSSR count). The van der Waals surface area contributed by atoms with Crippen LogP contribution in [0.25, 0.3) is 0 Å². The third-order valence-electron chi connectivity index (χ3n) is 4.21. The van der Waals surface area contributed by atoms with E-state index in [0.29, 0.717) is 24.2 Å². The van der Waals surface area contributed by atoms with E-state index >= 15 is 0 Å². The molecule has 1 saturated heterocycles. The largest absolute Gasteiger partial charge is 0.325 e. The highest BCUT2D eigenvalue weighted by Crippen LogP contribution is 2.19. The van der Waals surface area contributed by atoms with E-state index in [2.05, 4.69) is 14.9 Å².